The molecule has 0 radical (unpaired) electrons. The Morgan fingerprint density at radius 2 is 1.87 bits per heavy atom. The van der Waals surface area contributed by atoms with Gasteiger partial charge in [-0.05, 0) is 30.5 Å². The van der Waals surface area contributed by atoms with Gasteiger partial charge in [0.1, 0.15) is 0 Å². The number of carbonyl (C=O) groups excluding carboxylic acids is 2. The van der Waals surface area contributed by atoms with Crippen LogP contribution in [0.2, 0.25) is 5.02 Å². The van der Waals surface area contributed by atoms with Crippen LogP contribution in [-0.2, 0) is 9.59 Å². The molecule has 1 saturated carbocycles. The molecule has 1 aliphatic rings. The highest BCUT2D eigenvalue weighted by Gasteiger charge is 2.35. The number of carbonyl (C=O) groups is 2. The number of hydrogen-bond donors (Lipinski definition) is 3. The molecule has 0 heterocycles. The van der Waals surface area contributed by atoms with Crippen LogP contribution in [0.25, 0.3) is 0 Å². The Labute approximate surface area is 141 Å². The molecule has 1 unspecified atom stereocenters. The van der Waals surface area contributed by atoms with Crippen LogP contribution in [0.4, 0.5) is 0 Å². The van der Waals surface area contributed by atoms with E-state index in [4.69, 9.17) is 11.6 Å². The van der Waals surface area contributed by atoms with Crippen molar-refractivity contribution in [3.63, 3.8) is 0 Å². The van der Waals surface area contributed by atoms with Crippen LogP contribution in [0, 0.1) is 0 Å². The summed E-state index contributed by atoms with van der Waals surface area (Å²) in [6.45, 7) is 1.37. The third-order valence-corrected chi connectivity index (χ3v) is 4.56. The van der Waals surface area contributed by atoms with Crippen LogP contribution >= 0.6 is 11.6 Å². The van der Waals surface area contributed by atoms with Crippen LogP contribution in [0.1, 0.15) is 50.6 Å². The fourth-order valence-electron chi connectivity index (χ4n) is 3.10. The highest BCUT2D eigenvalue weighted by atomic mass is 35.5. The number of halogens is 1. The Morgan fingerprint density at radius 3 is 2.39 bits per heavy atom. The van der Waals surface area contributed by atoms with E-state index in [2.05, 4.69) is 10.6 Å². The number of rotatable bonds is 6. The van der Waals surface area contributed by atoms with E-state index in [0.717, 1.165) is 31.2 Å². The maximum atomic E-state index is 12.4. The second-order valence-electron chi connectivity index (χ2n) is 6.20. The zero-order valence-corrected chi connectivity index (χ0v) is 14.0. The second-order valence-corrected chi connectivity index (χ2v) is 6.64. The summed E-state index contributed by atoms with van der Waals surface area (Å²) in [6, 6.07) is 6.65. The molecule has 1 aliphatic carbocycles. The Morgan fingerprint density at radius 1 is 1.26 bits per heavy atom. The molecule has 0 saturated heterocycles. The Hall–Kier alpha value is -1.59. The quantitative estimate of drug-likeness (QED) is 0.745. The van der Waals surface area contributed by atoms with E-state index in [1.807, 2.05) is 0 Å². The monoisotopic (exact) mass is 338 g/mol. The maximum absolute atomic E-state index is 12.4. The predicted octanol–water partition coefficient (Wildman–Crippen LogP) is 2.33. The van der Waals surface area contributed by atoms with Crippen molar-refractivity contribution in [1.29, 1.82) is 0 Å². The van der Waals surface area contributed by atoms with Gasteiger partial charge in [-0.25, -0.2) is 0 Å². The van der Waals surface area contributed by atoms with Crippen molar-refractivity contribution in [2.45, 2.75) is 50.6 Å². The SMILES string of the molecule is CC(=O)NC(CC(=O)NC1(CO)CCCC1)c1ccc(Cl)cc1. The molecule has 1 aromatic carbocycles. The highest BCUT2D eigenvalue weighted by Crippen LogP contribution is 2.29. The molecule has 126 valence electrons. The van der Waals surface area contributed by atoms with E-state index in [-0.39, 0.29) is 24.8 Å². The van der Waals surface area contributed by atoms with Crippen LogP contribution in [-0.4, -0.2) is 29.1 Å². The van der Waals surface area contributed by atoms with Gasteiger partial charge in [0.05, 0.1) is 24.6 Å². The lowest BCUT2D eigenvalue weighted by molar-refractivity contribution is -0.124. The minimum absolute atomic E-state index is 0.0511. The zero-order valence-electron chi connectivity index (χ0n) is 13.3. The molecule has 5 nitrogen and oxygen atoms in total. The molecule has 1 fully saturated rings. The summed E-state index contributed by atoms with van der Waals surface area (Å²) < 4.78 is 0. The first kappa shape index (κ1) is 17.8. The van der Waals surface area contributed by atoms with Crippen molar-refractivity contribution >= 4 is 23.4 Å². The summed E-state index contributed by atoms with van der Waals surface area (Å²) in [5.74, 6) is -0.370. The van der Waals surface area contributed by atoms with Crippen LogP contribution in [0.5, 0.6) is 0 Å². The van der Waals surface area contributed by atoms with Gasteiger partial charge in [-0.2, -0.15) is 0 Å². The van der Waals surface area contributed by atoms with Gasteiger partial charge in [0.2, 0.25) is 11.8 Å². The number of nitrogens with one attached hydrogen (secondary N) is 2. The highest BCUT2D eigenvalue weighted by molar-refractivity contribution is 6.30. The number of amides is 2. The molecule has 0 bridgehead atoms. The third-order valence-electron chi connectivity index (χ3n) is 4.31. The summed E-state index contributed by atoms with van der Waals surface area (Å²) in [5, 5.41) is 16.0. The average molecular weight is 339 g/mol. The first-order valence-corrected chi connectivity index (χ1v) is 8.26. The van der Waals surface area contributed by atoms with Crippen LogP contribution < -0.4 is 10.6 Å². The lowest BCUT2D eigenvalue weighted by Crippen LogP contribution is -2.50. The Balaban J connectivity index is 2.06. The van der Waals surface area contributed by atoms with Crippen molar-refractivity contribution in [1.82, 2.24) is 10.6 Å². The van der Waals surface area contributed by atoms with E-state index >= 15 is 0 Å². The molecule has 3 N–H and O–H groups in total. The molecule has 0 aromatic heterocycles. The van der Waals surface area contributed by atoms with Gasteiger partial charge in [0.15, 0.2) is 0 Å². The predicted molar refractivity (Wildman–Crippen MR) is 89.1 cm³/mol. The molecule has 1 aromatic rings. The Bertz CT molecular complexity index is 553. The number of benzene rings is 1. The topological polar surface area (TPSA) is 78.4 Å². The van der Waals surface area contributed by atoms with Gasteiger partial charge >= 0.3 is 0 Å². The zero-order chi connectivity index (χ0) is 16.9. The lowest BCUT2D eigenvalue weighted by Gasteiger charge is -2.29. The van der Waals surface area contributed by atoms with Gasteiger partial charge in [-0.3, -0.25) is 9.59 Å². The van der Waals surface area contributed by atoms with E-state index < -0.39 is 11.6 Å². The number of aliphatic hydroxyl groups is 1. The summed E-state index contributed by atoms with van der Waals surface area (Å²) in [5.41, 5.74) is 0.321. The molecular weight excluding hydrogens is 316 g/mol. The smallest absolute Gasteiger partial charge is 0.222 e. The van der Waals surface area contributed by atoms with Crippen LogP contribution in [0.3, 0.4) is 0 Å². The number of hydrogen-bond acceptors (Lipinski definition) is 3. The van der Waals surface area contributed by atoms with Crippen molar-refractivity contribution in [2.75, 3.05) is 6.61 Å². The maximum Gasteiger partial charge on any atom is 0.222 e. The molecule has 6 heteroatoms. The van der Waals surface area contributed by atoms with E-state index in [9.17, 15) is 14.7 Å². The minimum atomic E-state index is -0.502. The molecule has 23 heavy (non-hydrogen) atoms. The van der Waals surface area contributed by atoms with Gasteiger partial charge < -0.3 is 15.7 Å². The second kappa shape index (κ2) is 7.79. The molecule has 1 atom stereocenters. The number of aliphatic hydroxyl groups excluding tert-OH is 1. The van der Waals surface area contributed by atoms with Gasteiger partial charge in [0.25, 0.3) is 0 Å². The molecule has 0 spiro atoms. The fourth-order valence-corrected chi connectivity index (χ4v) is 3.23. The molecule has 2 amide bonds. The van der Waals surface area contributed by atoms with Crippen molar-refractivity contribution in [3.05, 3.63) is 34.9 Å². The average Bonchev–Trinajstić information content (AvgIpc) is 2.96. The first-order valence-electron chi connectivity index (χ1n) is 7.88. The van der Waals surface area contributed by atoms with E-state index in [0.29, 0.717) is 5.02 Å². The van der Waals surface area contributed by atoms with Gasteiger partial charge in [-0.1, -0.05) is 36.6 Å². The summed E-state index contributed by atoms with van der Waals surface area (Å²) >= 11 is 5.88. The lowest BCUT2D eigenvalue weighted by atomic mass is 9.97. The molecule has 0 aliphatic heterocycles. The van der Waals surface area contributed by atoms with E-state index in [1.165, 1.54) is 6.92 Å². The first-order chi connectivity index (χ1) is 10.9. The van der Waals surface area contributed by atoms with Gasteiger partial charge in [0, 0.05) is 11.9 Å². The summed E-state index contributed by atoms with van der Waals surface area (Å²) in [6.07, 6.45) is 3.73. The van der Waals surface area contributed by atoms with Gasteiger partial charge in [-0.15, -0.1) is 0 Å². The van der Waals surface area contributed by atoms with Crippen molar-refractivity contribution in [3.8, 4) is 0 Å². The largest absolute Gasteiger partial charge is 0.394 e. The standard InChI is InChI=1S/C17H23ClN2O3/c1-12(22)19-15(13-4-6-14(18)7-5-13)10-16(23)20-17(11-21)8-2-3-9-17/h4-7,15,21H,2-3,8-11H2,1H3,(H,19,22)(H,20,23). The summed E-state index contributed by atoms with van der Waals surface area (Å²) in [7, 11) is 0. The van der Waals surface area contributed by atoms with Crippen molar-refractivity contribution < 1.29 is 14.7 Å². The normalized spacial score (nSPS) is 17.5. The fraction of sp³-hybridized carbons (Fsp3) is 0.529. The summed E-state index contributed by atoms with van der Waals surface area (Å²) in [4.78, 5) is 23.8. The Kier molecular flexibility index (Phi) is 6.02. The van der Waals surface area contributed by atoms with Crippen molar-refractivity contribution in [2.24, 2.45) is 0 Å². The van der Waals surface area contributed by atoms with E-state index in [1.54, 1.807) is 24.3 Å². The third kappa shape index (κ3) is 4.94. The molecule has 2 rings (SSSR count). The van der Waals surface area contributed by atoms with Crippen LogP contribution in [0.15, 0.2) is 24.3 Å². The minimum Gasteiger partial charge on any atom is -0.394 e. The molecular formula is C17H23ClN2O3.